The third-order valence-electron chi connectivity index (χ3n) is 4.85. The van der Waals surface area contributed by atoms with Gasteiger partial charge >= 0.3 is 0 Å². The van der Waals surface area contributed by atoms with Crippen molar-refractivity contribution < 1.29 is 9.90 Å². The van der Waals surface area contributed by atoms with E-state index in [1.807, 2.05) is 0 Å². The van der Waals surface area contributed by atoms with Crippen molar-refractivity contribution in [3.63, 3.8) is 0 Å². The highest BCUT2D eigenvalue weighted by Gasteiger charge is 2.21. The number of nitrogens with one attached hydrogen (secondary N) is 1. The Labute approximate surface area is 117 Å². The van der Waals surface area contributed by atoms with E-state index in [-0.39, 0.29) is 12.0 Å². The molecule has 2 aliphatic carbocycles. The monoisotopic (exact) mass is 267 g/mol. The van der Waals surface area contributed by atoms with Crippen LogP contribution in [0.3, 0.4) is 0 Å². The van der Waals surface area contributed by atoms with Gasteiger partial charge in [-0.1, -0.05) is 25.7 Å². The van der Waals surface area contributed by atoms with E-state index in [4.69, 9.17) is 0 Å². The summed E-state index contributed by atoms with van der Waals surface area (Å²) in [4.78, 5) is 12.0. The van der Waals surface area contributed by atoms with E-state index in [9.17, 15) is 9.90 Å². The molecule has 0 spiro atoms. The first-order valence-corrected chi connectivity index (χ1v) is 8.19. The van der Waals surface area contributed by atoms with Gasteiger partial charge in [0.1, 0.15) is 0 Å². The molecule has 1 amide bonds. The normalized spacial score (nSPS) is 29.7. The summed E-state index contributed by atoms with van der Waals surface area (Å²) in [7, 11) is 0. The van der Waals surface area contributed by atoms with E-state index in [0.29, 0.717) is 11.8 Å². The maximum Gasteiger partial charge on any atom is 0.220 e. The van der Waals surface area contributed by atoms with Crippen molar-refractivity contribution in [3.8, 4) is 0 Å². The lowest BCUT2D eigenvalue weighted by Gasteiger charge is -2.25. The Bertz CT molecular complexity index is 264. The second kappa shape index (κ2) is 7.88. The smallest absolute Gasteiger partial charge is 0.220 e. The van der Waals surface area contributed by atoms with Gasteiger partial charge in [0.05, 0.1) is 6.10 Å². The molecule has 2 N–H and O–H groups in total. The Balaban J connectivity index is 1.61. The lowest BCUT2D eigenvalue weighted by molar-refractivity contribution is -0.122. The number of carbonyl (C=O) groups is 1. The molecule has 0 saturated heterocycles. The molecule has 2 rings (SSSR count). The average molecular weight is 267 g/mol. The number of aliphatic hydroxyl groups is 1. The van der Waals surface area contributed by atoms with Gasteiger partial charge < -0.3 is 10.4 Å². The lowest BCUT2D eigenvalue weighted by atomic mass is 9.87. The Morgan fingerprint density at radius 3 is 2.16 bits per heavy atom. The minimum Gasteiger partial charge on any atom is -0.393 e. The molecule has 0 heterocycles. The van der Waals surface area contributed by atoms with Crippen LogP contribution in [0.25, 0.3) is 0 Å². The molecule has 0 unspecified atom stereocenters. The molecule has 3 nitrogen and oxygen atoms in total. The van der Waals surface area contributed by atoms with Crippen molar-refractivity contribution in [1.82, 2.24) is 5.32 Å². The van der Waals surface area contributed by atoms with Gasteiger partial charge in [-0.15, -0.1) is 0 Å². The van der Waals surface area contributed by atoms with Crippen LogP contribution in [0.15, 0.2) is 0 Å². The molecule has 2 aliphatic rings. The molecule has 2 fully saturated rings. The van der Waals surface area contributed by atoms with Crippen molar-refractivity contribution in [2.45, 2.75) is 76.7 Å². The number of carbonyl (C=O) groups excluding carboxylic acids is 1. The quantitative estimate of drug-likeness (QED) is 0.769. The molecular weight excluding hydrogens is 238 g/mol. The predicted octanol–water partition coefficient (Wildman–Crippen LogP) is 3.01. The Morgan fingerprint density at radius 2 is 1.53 bits per heavy atom. The van der Waals surface area contributed by atoms with E-state index in [2.05, 4.69) is 5.32 Å². The van der Waals surface area contributed by atoms with Crippen LogP contribution in [0.4, 0.5) is 0 Å². The van der Waals surface area contributed by atoms with Gasteiger partial charge in [-0.25, -0.2) is 0 Å². The van der Waals surface area contributed by atoms with Crippen molar-refractivity contribution in [2.75, 3.05) is 6.54 Å². The number of hydrogen-bond donors (Lipinski definition) is 2. The zero-order chi connectivity index (χ0) is 13.5. The maximum absolute atomic E-state index is 12.0. The molecule has 3 heteroatoms. The topological polar surface area (TPSA) is 49.3 Å². The number of hydrogen-bond acceptors (Lipinski definition) is 2. The van der Waals surface area contributed by atoms with E-state index in [1.54, 1.807) is 0 Å². The first-order chi connectivity index (χ1) is 9.24. The summed E-state index contributed by atoms with van der Waals surface area (Å²) in [5, 5.41) is 12.6. The summed E-state index contributed by atoms with van der Waals surface area (Å²) in [6.45, 7) is 0.818. The van der Waals surface area contributed by atoms with Gasteiger partial charge in [0, 0.05) is 13.0 Å². The first-order valence-electron chi connectivity index (χ1n) is 8.19. The predicted molar refractivity (Wildman–Crippen MR) is 76.8 cm³/mol. The van der Waals surface area contributed by atoms with Crippen LogP contribution in [-0.4, -0.2) is 23.7 Å². The third-order valence-corrected chi connectivity index (χ3v) is 4.85. The minimum atomic E-state index is -0.0991. The summed E-state index contributed by atoms with van der Waals surface area (Å²) in [6.07, 6.45) is 12.4. The molecule has 0 aromatic heterocycles. The summed E-state index contributed by atoms with van der Waals surface area (Å²) >= 11 is 0. The summed E-state index contributed by atoms with van der Waals surface area (Å²) in [5.41, 5.74) is 0. The molecule has 0 atom stereocenters. The van der Waals surface area contributed by atoms with E-state index >= 15 is 0 Å². The highest BCUT2D eigenvalue weighted by atomic mass is 16.3. The second-order valence-corrected chi connectivity index (χ2v) is 6.54. The van der Waals surface area contributed by atoms with E-state index in [0.717, 1.165) is 38.6 Å². The Kier molecular flexibility index (Phi) is 6.15. The molecule has 2 saturated carbocycles. The van der Waals surface area contributed by atoms with Crippen LogP contribution < -0.4 is 5.32 Å². The molecule has 0 aliphatic heterocycles. The second-order valence-electron chi connectivity index (χ2n) is 6.54. The molecule has 0 aromatic carbocycles. The third kappa shape index (κ3) is 5.52. The molecule has 0 bridgehead atoms. The number of aliphatic hydroxyl groups excluding tert-OH is 1. The minimum absolute atomic E-state index is 0.0991. The highest BCUT2D eigenvalue weighted by molar-refractivity contribution is 5.76. The molecule has 19 heavy (non-hydrogen) atoms. The van der Waals surface area contributed by atoms with Crippen LogP contribution >= 0.6 is 0 Å². The standard InChI is InChI=1S/C16H29NO2/c18-15-9-7-14(8-10-15)12-17-16(19)11-13-5-3-1-2-4-6-13/h13-15,18H,1-12H2,(H,17,19). The van der Waals surface area contributed by atoms with Crippen molar-refractivity contribution in [3.05, 3.63) is 0 Å². The van der Waals surface area contributed by atoms with Crippen LogP contribution in [0, 0.1) is 11.8 Å². The first kappa shape index (κ1) is 14.8. The Hall–Kier alpha value is -0.570. The lowest BCUT2D eigenvalue weighted by Crippen LogP contribution is -2.33. The van der Waals surface area contributed by atoms with Gasteiger partial charge in [-0.3, -0.25) is 4.79 Å². The van der Waals surface area contributed by atoms with Crippen LogP contribution in [0.2, 0.25) is 0 Å². The van der Waals surface area contributed by atoms with Gasteiger partial charge in [0.2, 0.25) is 5.91 Å². The van der Waals surface area contributed by atoms with Gasteiger partial charge in [-0.05, 0) is 50.4 Å². The van der Waals surface area contributed by atoms with Gasteiger partial charge in [0.25, 0.3) is 0 Å². The summed E-state index contributed by atoms with van der Waals surface area (Å²) < 4.78 is 0. The van der Waals surface area contributed by atoms with Crippen molar-refractivity contribution in [2.24, 2.45) is 11.8 Å². The zero-order valence-electron chi connectivity index (χ0n) is 12.1. The fourth-order valence-corrected chi connectivity index (χ4v) is 3.51. The maximum atomic E-state index is 12.0. The fraction of sp³-hybridized carbons (Fsp3) is 0.938. The van der Waals surface area contributed by atoms with E-state index in [1.165, 1.54) is 38.5 Å². The van der Waals surface area contributed by atoms with E-state index < -0.39 is 0 Å². The number of rotatable bonds is 4. The van der Waals surface area contributed by atoms with Crippen LogP contribution in [0.5, 0.6) is 0 Å². The van der Waals surface area contributed by atoms with Crippen molar-refractivity contribution in [1.29, 1.82) is 0 Å². The zero-order valence-corrected chi connectivity index (χ0v) is 12.1. The average Bonchev–Trinajstić information content (AvgIpc) is 2.67. The fourth-order valence-electron chi connectivity index (χ4n) is 3.51. The largest absolute Gasteiger partial charge is 0.393 e. The SMILES string of the molecule is O=C(CC1CCCCCC1)NCC1CCC(O)CC1. The summed E-state index contributed by atoms with van der Waals surface area (Å²) in [6, 6.07) is 0. The van der Waals surface area contributed by atoms with Crippen LogP contribution in [-0.2, 0) is 4.79 Å². The van der Waals surface area contributed by atoms with Crippen molar-refractivity contribution >= 4 is 5.91 Å². The number of amides is 1. The van der Waals surface area contributed by atoms with Gasteiger partial charge in [-0.2, -0.15) is 0 Å². The van der Waals surface area contributed by atoms with Gasteiger partial charge in [0.15, 0.2) is 0 Å². The molecular formula is C16H29NO2. The highest BCUT2D eigenvalue weighted by Crippen LogP contribution is 2.26. The molecule has 110 valence electrons. The molecule has 0 radical (unpaired) electrons. The summed E-state index contributed by atoms with van der Waals surface area (Å²) in [5.74, 6) is 1.45. The van der Waals surface area contributed by atoms with Crippen LogP contribution in [0.1, 0.15) is 70.6 Å². The molecule has 0 aromatic rings. The Morgan fingerprint density at radius 1 is 0.895 bits per heavy atom.